The predicted molar refractivity (Wildman–Crippen MR) is 105 cm³/mol. The molecule has 0 aromatic heterocycles. The number of methoxy groups -OCH3 is 1. The third-order valence-electron chi connectivity index (χ3n) is 3.65. The molecule has 1 amide bonds. The fourth-order valence-corrected chi connectivity index (χ4v) is 3.00. The van der Waals surface area contributed by atoms with Gasteiger partial charge in [0.05, 0.1) is 23.9 Å². The molecule has 0 aliphatic rings. The molecule has 134 valence electrons. The highest BCUT2D eigenvalue weighted by atomic mass is 79.9. The smallest absolute Gasteiger partial charge is 0.224 e. The van der Waals surface area contributed by atoms with Gasteiger partial charge in [0.1, 0.15) is 11.5 Å². The van der Waals surface area contributed by atoms with E-state index in [1.165, 1.54) is 5.56 Å². The highest BCUT2D eigenvalue weighted by molar-refractivity contribution is 9.10. The molecule has 0 heterocycles. The molecule has 0 bridgehead atoms. The summed E-state index contributed by atoms with van der Waals surface area (Å²) in [5.74, 6) is 1.26. The molecule has 4 nitrogen and oxygen atoms in total. The van der Waals surface area contributed by atoms with Gasteiger partial charge in [-0.2, -0.15) is 0 Å². The van der Waals surface area contributed by atoms with Crippen LogP contribution in [-0.4, -0.2) is 19.6 Å². The van der Waals surface area contributed by atoms with Gasteiger partial charge < -0.3 is 14.8 Å². The second-order valence-electron chi connectivity index (χ2n) is 5.46. The van der Waals surface area contributed by atoms with Gasteiger partial charge in [0.2, 0.25) is 5.91 Å². The van der Waals surface area contributed by atoms with Gasteiger partial charge in [0, 0.05) is 11.4 Å². The van der Waals surface area contributed by atoms with Crippen molar-refractivity contribution in [2.45, 2.75) is 26.2 Å². The van der Waals surface area contributed by atoms with Crippen LogP contribution in [0.2, 0.25) is 5.02 Å². The Hall–Kier alpha value is -1.72. The molecule has 2 aromatic rings. The molecule has 0 unspecified atom stereocenters. The lowest BCUT2D eigenvalue weighted by Gasteiger charge is -2.11. The number of halogens is 2. The maximum atomic E-state index is 12.1. The average Bonchev–Trinajstić information content (AvgIpc) is 2.60. The van der Waals surface area contributed by atoms with Crippen molar-refractivity contribution in [3.63, 3.8) is 0 Å². The zero-order valence-electron chi connectivity index (χ0n) is 14.3. The van der Waals surface area contributed by atoms with Crippen LogP contribution < -0.4 is 14.8 Å². The number of rotatable bonds is 8. The highest BCUT2D eigenvalue weighted by Crippen LogP contribution is 2.28. The van der Waals surface area contributed by atoms with Gasteiger partial charge in [0.25, 0.3) is 0 Å². The van der Waals surface area contributed by atoms with E-state index >= 15 is 0 Å². The largest absolute Gasteiger partial charge is 0.495 e. The van der Waals surface area contributed by atoms with E-state index < -0.39 is 0 Å². The van der Waals surface area contributed by atoms with Crippen molar-refractivity contribution >= 4 is 39.1 Å². The number of carbonyl (C=O) groups excluding carboxylic acids is 1. The van der Waals surface area contributed by atoms with Crippen LogP contribution in [-0.2, 0) is 11.2 Å². The lowest BCUT2D eigenvalue weighted by Crippen LogP contribution is -2.13. The maximum absolute atomic E-state index is 12.1. The van der Waals surface area contributed by atoms with E-state index in [2.05, 4.69) is 28.2 Å². The Morgan fingerprint density at radius 2 is 1.96 bits per heavy atom. The van der Waals surface area contributed by atoms with Crippen molar-refractivity contribution in [1.29, 1.82) is 0 Å². The predicted octanol–water partition coefficient (Wildman–Crippen LogP) is 5.47. The summed E-state index contributed by atoms with van der Waals surface area (Å²) in [5, 5.41) is 3.36. The molecule has 25 heavy (non-hydrogen) atoms. The molecule has 0 spiro atoms. The van der Waals surface area contributed by atoms with Crippen molar-refractivity contribution in [3.05, 3.63) is 51.5 Å². The molecular weight excluding hydrogens is 406 g/mol. The molecule has 1 N–H and O–H groups in total. The van der Waals surface area contributed by atoms with Crippen molar-refractivity contribution in [2.24, 2.45) is 0 Å². The van der Waals surface area contributed by atoms with Crippen LogP contribution in [0.4, 0.5) is 5.69 Å². The second kappa shape index (κ2) is 9.68. The topological polar surface area (TPSA) is 47.6 Å². The summed E-state index contributed by atoms with van der Waals surface area (Å²) in [5.41, 5.74) is 1.81. The molecule has 6 heteroatoms. The average molecular weight is 427 g/mol. The minimum atomic E-state index is -0.107. The molecule has 0 radical (unpaired) electrons. The zero-order chi connectivity index (χ0) is 18.2. The van der Waals surface area contributed by atoms with Crippen LogP contribution in [0.15, 0.2) is 40.9 Å². The number of benzene rings is 2. The Kier molecular flexibility index (Phi) is 7.59. The number of anilines is 1. The first kappa shape index (κ1) is 19.6. The van der Waals surface area contributed by atoms with E-state index in [0.29, 0.717) is 35.9 Å². The summed E-state index contributed by atoms with van der Waals surface area (Å²) in [6.45, 7) is 2.57. The molecule has 0 saturated heterocycles. The lowest BCUT2D eigenvalue weighted by atomic mass is 10.2. The Labute approximate surface area is 161 Å². The Bertz CT molecular complexity index is 737. The van der Waals surface area contributed by atoms with Gasteiger partial charge in [-0.25, -0.2) is 0 Å². The molecule has 0 atom stereocenters. The summed E-state index contributed by atoms with van der Waals surface area (Å²) in [4.78, 5) is 12.1. The van der Waals surface area contributed by atoms with Gasteiger partial charge in [0.15, 0.2) is 0 Å². The molecule has 0 fully saturated rings. The molecule has 0 aliphatic heterocycles. The quantitative estimate of drug-likeness (QED) is 0.569. The summed E-state index contributed by atoms with van der Waals surface area (Å²) in [6, 6.07) is 11.1. The lowest BCUT2D eigenvalue weighted by molar-refractivity contribution is -0.116. The number of hydrogen-bond donors (Lipinski definition) is 1. The number of nitrogens with one attached hydrogen (secondary N) is 1. The molecule has 2 rings (SSSR count). The van der Waals surface area contributed by atoms with E-state index in [1.54, 1.807) is 25.3 Å². The van der Waals surface area contributed by atoms with Gasteiger partial charge in [-0.1, -0.05) is 24.6 Å². The summed E-state index contributed by atoms with van der Waals surface area (Å²) in [6.07, 6.45) is 1.93. The van der Waals surface area contributed by atoms with Crippen LogP contribution in [0.25, 0.3) is 0 Å². The van der Waals surface area contributed by atoms with Crippen molar-refractivity contribution < 1.29 is 14.3 Å². The minimum Gasteiger partial charge on any atom is -0.495 e. The van der Waals surface area contributed by atoms with E-state index in [1.807, 2.05) is 18.2 Å². The van der Waals surface area contributed by atoms with Gasteiger partial charge >= 0.3 is 0 Å². The summed E-state index contributed by atoms with van der Waals surface area (Å²) < 4.78 is 11.9. The first-order valence-electron chi connectivity index (χ1n) is 8.08. The fourth-order valence-electron chi connectivity index (χ4n) is 2.29. The van der Waals surface area contributed by atoms with Crippen LogP contribution in [0.3, 0.4) is 0 Å². The summed E-state index contributed by atoms with van der Waals surface area (Å²) in [7, 11) is 1.55. The first-order valence-corrected chi connectivity index (χ1v) is 9.25. The highest BCUT2D eigenvalue weighted by Gasteiger charge is 2.09. The zero-order valence-corrected chi connectivity index (χ0v) is 16.6. The molecular formula is C19H21BrClNO3. The van der Waals surface area contributed by atoms with Crippen LogP contribution in [0.5, 0.6) is 11.5 Å². The second-order valence-corrected chi connectivity index (χ2v) is 6.75. The van der Waals surface area contributed by atoms with Gasteiger partial charge in [-0.05, 0) is 64.7 Å². The fraction of sp³-hybridized carbons (Fsp3) is 0.316. The standard InChI is InChI=1S/C19H21BrClNO3/c1-3-13-6-8-17(15(20)11-13)25-10-4-5-19(23)22-16-12-14(21)7-9-18(16)24-2/h6-9,11-12H,3-5,10H2,1-2H3,(H,22,23). The van der Waals surface area contributed by atoms with E-state index in [0.717, 1.165) is 16.6 Å². The van der Waals surface area contributed by atoms with Crippen LogP contribution >= 0.6 is 27.5 Å². The van der Waals surface area contributed by atoms with Crippen molar-refractivity contribution in [2.75, 3.05) is 19.0 Å². The molecule has 0 aliphatic carbocycles. The van der Waals surface area contributed by atoms with Gasteiger partial charge in [-0.15, -0.1) is 0 Å². The third-order valence-corrected chi connectivity index (χ3v) is 4.50. The Morgan fingerprint density at radius 1 is 1.20 bits per heavy atom. The summed E-state index contributed by atoms with van der Waals surface area (Å²) >= 11 is 9.46. The number of hydrogen-bond acceptors (Lipinski definition) is 3. The van der Waals surface area contributed by atoms with Crippen LogP contribution in [0, 0.1) is 0 Å². The van der Waals surface area contributed by atoms with Crippen LogP contribution in [0.1, 0.15) is 25.3 Å². The molecule has 0 saturated carbocycles. The Morgan fingerprint density at radius 3 is 2.64 bits per heavy atom. The van der Waals surface area contributed by atoms with Crippen molar-refractivity contribution in [1.82, 2.24) is 0 Å². The number of ether oxygens (including phenoxy) is 2. The Balaban J connectivity index is 1.80. The minimum absolute atomic E-state index is 0.107. The van der Waals surface area contributed by atoms with E-state index in [4.69, 9.17) is 21.1 Å². The first-order chi connectivity index (χ1) is 12.0. The number of amides is 1. The normalized spacial score (nSPS) is 10.4. The number of carbonyl (C=O) groups is 1. The third kappa shape index (κ3) is 5.94. The van der Waals surface area contributed by atoms with E-state index in [-0.39, 0.29) is 5.91 Å². The van der Waals surface area contributed by atoms with E-state index in [9.17, 15) is 4.79 Å². The monoisotopic (exact) mass is 425 g/mol. The maximum Gasteiger partial charge on any atom is 0.224 e. The molecule has 2 aromatic carbocycles. The van der Waals surface area contributed by atoms with Crippen molar-refractivity contribution in [3.8, 4) is 11.5 Å². The van der Waals surface area contributed by atoms with Gasteiger partial charge in [-0.3, -0.25) is 4.79 Å². The SMILES string of the molecule is CCc1ccc(OCCCC(=O)Nc2cc(Cl)ccc2OC)c(Br)c1. The number of aryl methyl sites for hydroxylation is 1.